The number of furan rings is 2. The number of Topliss-reactive ketones (excluding diaryl/α,β-unsaturated/α-hetero) is 1. The Hall–Kier alpha value is -3.54. The number of fused-ring (bicyclic) bond motifs is 1. The van der Waals surface area contributed by atoms with Gasteiger partial charge in [0.15, 0.2) is 5.76 Å². The fourth-order valence-corrected chi connectivity index (χ4v) is 2.29. The van der Waals surface area contributed by atoms with Crippen LogP contribution in [-0.4, -0.2) is 11.8 Å². The van der Waals surface area contributed by atoms with E-state index in [2.05, 4.69) is 0 Å². The molecule has 0 N–H and O–H groups in total. The Kier molecular flexibility index (Phi) is 3.28. The molecule has 118 valence electrons. The predicted octanol–water partition coefficient (Wildman–Crippen LogP) is 3.71. The van der Waals surface area contributed by atoms with Crippen LogP contribution < -0.4 is 9.47 Å². The summed E-state index contributed by atoms with van der Waals surface area (Å²) in [6.45, 7) is 0. The summed E-state index contributed by atoms with van der Waals surface area (Å²) in [7, 11) is 0. The standard InChI is InChI=1S/C18H10O6/c19-17-13-6-5-12(23-18(20)14-4-2-8-22-14)10-15(13)24-16(17)9-11-3-1-7-21-11/h1-10H/b16-9-. The van der Waals surface area contributed by atoms with Gasteiger partial charge in [0.05, 0.1) is 18.1 Å². The van der Waals surface area contributed by atoms with E-state index >= 15 is 0 Å². The lowest BCUT2D eigenvalue weighted by molar-refractivity contribution is 0.0701. The minimum atomic E-state index is -0.629. The van der Waals surface area contributed by atoms with Crippen molar-refractivity contribution in [1.29, 1.82) is 0 Å². The maximum atomic E-state index is 12.3. The highest BCUT2D eigenvalue weighted by atomic mass is 16.5. The maximum absolute atomic E-state index is 12.3. The van der Waals surface area contributed by atoms with Crippen molar-refractivity contribution < 1.29 is 27.9 Å². The molecule has 0 aliphatic carbocycles. The fraction of sp³-hybridized carbons (Fsp3) is 0. The van der Waals surface area contributed by atoms with Gasteiger partial charge in [-0.2, -0.15) is 0 Å². The molecule has 0 amide bonds. The molecule has 0 bridgehead atoms. The first-order valence-corrected chi connectivity index (χ1v) is 7.08. The number of rotatable bonds is 3. The van der Waals surface area contributed by atoms with E-state index in [1.807, 2.05) is 0 Å². The lowest BCUT2D eigenvalue weighted by atomic mass is 10.1. The highest BCUT2D eigenvalue weighted by Crippen LogP contribution is 2.35. The molecule has 6 heteroatoms. The van der Waals surface area contributed by atoms with Gasteiger partial charge < -0.3 is 18.3 Å². The van der Waals surface area contributed by atoms with E-state index in [-0.39, 0.29) is 23.1 Å². The Bertz CT molecular complexity index is 932. The quantitative estimate of drug-likeness (QED) is 0.415. The van der Waals surface area contributed by atoms with Gasteiger partial charge in [0, 0.05) is 12.1 Å². The second kappa shape index (κ2) is 5.58. The van der Waals surface area contributed by atoms with Crippen LogP contribution in [-0.2, 0) is 0 Å². The van der Waals surface area contributed by atoms with Crippen LogP contribution in [0.25, 0.3) is 6.08 Å². The van der Waals surface area contributed by atoms with Gasteiger partial charge in [-0.25, -0.2) is 4.79 Å². The number of hydrogen-bond acceptors (Lipinski definition) is 6. The minimum Gasteiger partial charge on any atom is -0.465 e. The van der Waals surface area contributed by atoms with Crippen molar-refractivity contribution in [3.05, 3.63) is 77.8 Å². The van der Waals surface area contributed by atoms with E-state index in [0.29, 0.717) is 17.1 Å². The molecule has 0 radical (unpaired) electrons. The highest BCUT2D eigenvalue weighted by Gasteiger charge is 2.28. The Morgan fingerprint density at radius 2 is 1.88 bits per heavy atom. The molecular formula is C18H10O6. The monoisotopic (exact) mass is 322 g/mol. The summed E-state index contributed by atoms with van der Waals surface area (Å²) in [6.07, 6.45) is 4.40. The van der Waals surface area contributed by atoms with Crippen LogP contribution in [0.1, 0.15) is 26.7 Å². The molecule has 1 aliphatic heterocycles. The van der Waals surface area contributed by atoms with E-state index in [1.54, 1.807) is 24.3 Å². The number of ether oxygens (including phenoxy) is 2. The number of esters is 1. The van der Waals surface area contributed by atoms with Gasteiger partial charge in [0.1, 0.15) is 17.3 Å². The van der Waals surface area contributed by atoms with Gasteiger partial charge in [-0.05, 0) is 36.4 Å². The molecule has 3 heterocycles. The molecule has 4 rings (SSSR count). The van der Waals surface area contributed by atoms with E-state index in [0.717, 1.165) is 0 Å². The van der Waals surface area contributed by atoms with E-state index in [1.165, 1.54) is 36.8 Å². The third kappa shape index (κ3) is 2.50. The van der Waals surface area contributed by atoms with Gasteiger partial charge in [-0.1, -0.05) is 0 Å². The van der Waals surface area contributed by atoms with Crippen LogP contribution in [0.2, 0.25) is 0 Å². The lowest BCUT2D eigenvalue weighted by Gasteiger charge is -2.03. The average molecular weight is 322 g/mol. The van der Waals surface area contributed by atoms with Crippen LogP contribution in [0.3, 0.4) is 0 Å². The molecule has 0 saturated carbocycles. The summed E-state index contributed by atoms with van der Waals surface area (Å²) in [5.74, 6) is 0.432. The Morgan fingerprint density at radius 3 is 2.62 bits per heavy atom. The van der Waals surface area contributed by atoms with Crippen molar-refractivity contribution in [3.8, 4) is 11.5 Å². The third-order valence-electron chi connectivity index (χ3n) is 3.39. The SMILES string of the molecule is O=C(Oc1ccc2c(c1)O/C(=C\c1ccco1)C2=O)c1ccco1. The zero-order chi connectivity index (χ0) is 16.5. The number of benzene rings is 1. The number of allylic oxidation sites excluding steroid dienone is 1. The molecule has 1 aromatic carbocycles. The second-order valence-corrected chi connectivity index (χ2v) is 4.98. The Balaban J connectivity index is 1.58. The van der Waals surface area contributed by atoms with Crippen LogP contribution in [0.5, 0.6) is 11.5 Å². The molecular weight excluding hydrogens is 312 g/mol. The molecule has 0 fully saturated rings. The van der Waals surface area contributed by atoms with Crippen LogP contribution in [0, 0.1) is 0 Å². The fourth-order valence-electron chi connectivity index (χ4n) is 2.29. The number of carbonyl (C=O) groups excluding carboxylic acids is 2. The van der Waals surface area contributed by atoms with E-state index in [4.69, 9.17) is 18.3 Å². The maximum Gasteiger partial charge on any atom is 0.379 e. The number of ketones is 1. The van der Waals surface area contributed by atoms with Crippen molar-refractivity contribution in [3.63, 3.8) is 0 Å². The van der Waals surface area contributed by atoms with Gasteiger partial charge in [-0.3, -0.25) is 4.79 Å². The van der Waals surface area contributed by atoms with Crippen LogP contribution in [0.4, 0.5) is 0 Å². The largest absolute Gasteiger partial charge is 0.465 e. The molecule has 0 spiro atoms. The smallest absolute Gasteiger partial charge is 0.379 e. The van der Waals surface area contributed by atoms with Gasteiger partial charge in [-0.15, -0.1) is 0 Å². The van der Waals surface area contributed by atoms with Gasteiger partial charge in [0.2, 0.25) is 11.5 Å². The molecule has 24 heavy (non-hydrogen) atoms. The summed E-state index contributed by atoms with van der Waals surface area (Å²) in [6, 6.07) is 11.1. The van der Waals surface area contributed by atoms with Crippen LogP contribution in [0.15, 0.2) is 69.6 Å². The van der Waals surface area contributed by atoms with Gasteiger partial charge >= 0.3 is 5.97 Å². The number of carbonyl (C=O) groups is 2. The molecule has 0 unspecified atom stereocenters. The van der Waals surface area contributed by atoms with Crippen molar-refractivity contribution in [2.75, 3.05) is 0 Å². The molecule has 1 aliphatic rings. The molecule has 3 aromatic rings. The summed E-state index contributed by atoms with van der Waals surface area (Å²) in [4.78, 5) is 24.2. The van der Waals surface area contributed by atoms with E-state index in [9.17, 15) is 9.59 Å². The third-order valence-corrected chi connectivity index (χ3v) is 3.39. The van der Waals surface area contributed by atoms with Crippen molar-refractivity contribution in [2.45, 2.75) is 0 Å². The first-order valence-electron chi connectivity index (χ1n) is 7.08. The Labute approximate surface area is 135 Å². The topological polar surface area (TPSA) is 78.9 Å². The van der Waals surface area contributed by atoms with Gasteiger partial charge in [0.25, 0.3) is 0 Å². The summed E-state index contributed by atoms with van der Waals surface area (Å²) in [5, 5.41) is 0. The predicted molar refractivity (Wildman–Crippen MR) is 81.8 cm³/mol. The van der Waals surface area contributed by atoms with Crippen LogP contribution >= 0.6 is 0 Å². The highest BCUT2D eigenvalue weighted by molar-refractivity contribution is 6.14. The van der Waals surface area contributed by atoms with Crippen molar-refractivity contribution in [1.82, 2.24) is 0 Å². The Morgan fingerprint density at radius 1 is 1.04 bits per heavy atom. The summed E-state index contributed by atoms with van der Waals surface area (Å²) < 4.78 is 20.9. The molecule has 2 aromatic heterocycles. The normalized spacial score (nSPS) is 14.5. The lowest BCUT2D eigenvalue weighted by Crippen LogP contribution is -2.07. The average Bonchev–Trinajstić information content (AvgIpc) is 3.31. The number of hydrogen-bond donors (Lipinski definition) is 0. The zero-order valence-corrected chi connectivity index (χ0v) is 12.2. The zero-order valence-electron chi connectivity index (χ0n) is 12.2. The molecule has 0 atom stereocenters. The molecule has 0 saturated heterocycles. The minimum absolute atomic E-state index is 0.0888. The van der Waals surface area contributed by atoms with E-state index < -0.39 is 5.97 Å². The second-order valence-electron chi connectivity index (χ2n) is 4.98. The van der Waals surface area contributed by atoms with Crippen molar-refractivity contribution in [2.24, 2.45) is 0 Å². The first-order chi connectivity index (χ1) is 11.7. The first kappa shape index (κ1) is 14.1. The molecule has 6 nitrogen and oxygen atoms in total. The van der Waals surface area contributed by atoms with Crippen molar-refractivity contribution >= 4 is 17.8 Å². The summed E-state index contributed by atoms with van der Waals surface area (Å²) >= 11 is 0. The summed E-state index contributed by atoms with van der Waals surface area (Å²) in [5.41, 5.74) is 0.394.